The van der Waals surface area contributed by atoms with E-state index >= 15 is 0 Å². The van der Waals surface area contributed by atoms with Gasteiger partial charge in [0.1, 0.15) is 11.3 Å². The number of aromatic nitrogens is 3. The highest BCUT2D eigenvalue weighted by molar-refractivity contribution is 5.92. The second-order valence-corrected chi connectivity index (χ2v) is 8.39. The zero-order valence-electron chi connectivity index (χ0n) is 18.5. The van der Waals surface area contributed by atoms with E-state index in [-0.39, 0.29) is 23.1 Å². The normalized spacial score (nSPS) is 14.3. The third kappa shape index (κ3) is 4.39. The van der Waals surface area contributed by atoms with E-state index in [0.29, 0.717) is 49.5 Å². The van der Waals surface area contributed by atoms with Crippen LogP contribution < -0.4 is 15.8 Å². The van der Waals surface area contributed by atoms with Crippen molar-refractivity contribution in [1.29, 1.82) is 0 Å². The van der Waals surface area contributed by atoms with Crippen LogP contribution in [0.5, 0.6) is 0 Å². The van der Waals surface area contributed by atoms with Gasteiger partial charge in [-0.15, -0.1) is 0 Å². The fourth-order valence-corrected chi connectivity index (χ4v) is 4.33. The number of hydrogen-bond acceptors (Lipinski definition) is 5. The summed E-state index contributed by atoms with van der Waals surface area (Å²) in [4.78, 5) is 37.1. The minimum atomic E-state index is -0.457. The SMILES string of the molecule is O=C(Nc1ccccc1F)C1CCN(c2nc3cccnc3n(Cc3ccccc3)c2=O)CC1. The van der Waals surface area contributed by atoms with Gasteiger partial charge in [-0.1, -0.05) is 42.5 Å². The van der Waals surface area contributed by atoms with Crippen molar-refractivity contribution in [2.75, 3.05) is 23.3 Å². The molecule has 8 heteroatoms. The molecule has 1 aliphatic heterocycles. The van der Waals surface area contributed by atoms with Gasteiger partial charge in [0.15, 0.2) is 11.5 Å². The van der Waals surface area contributed by atoms with Gasteiger partial charge in [0.25, 0.3) is 5.56 Å². The van der Waals surface area contributed by atoms with Crippen LogP contribution in [0.1, 0.15) is 18.4 Å². The summed E-state index contributed by atoms with van der Waals surface area (Å²) in [6.45, 7) is 1.41. The quantitative estimate of drug-likeness (QED) is 0.493. The number of para-hydroxylation sites is 1. The smallest absolute Gasteiger partial charge is 0.295 e. The van der Waals surface area contributed by atoms with Crippen LogP contribution in [-0.4, -0.2) is 33.5 Å². The molecule has 0 atom stereocenters. The summed E-state index contributed by atoms with van der Waals surface area (Å²) in [7, 11) is 0. The molecule has 1 saturated heterocycles. The molecule has 0 bridgehead atoms. The van der Waals surface area contributed by atoms with Crippen molar-refractivity contribution in [3.05, 3.63) is 94.7 Å². The molecule has 0 aliphatic carbocycles. The van der Waals surface area contributed by atoms with E-state index in [0.717, 1.165) is 5.56 Å². The third-order valence-corrected chi connectivity index (χ3v) is 6.17. The van der Waals surface area contributed by atoms with Gasteiger partial charge in [0, 0.05) is 25.2 Å². The minimum Gasteiger partial charge on any atom is -0.352 e. The Morgan fingerprint density at radius 2 is 1.74 bits per heavy atom. The fourth-order valence-electron chi connectivity index (χ4n) is 4.33. The van der Waals surface area contributed by atoms with Crippen molar-refractivity contribution in [1.82, 2.24) is 14.5 Å². The number of pyridine rings is 1. The molecule has 1 amide bonds. The lowest BCUT2D eigenvalue weighted by atomic mass is 9.96. The first-order valence-corrected chi connectivity index (χ1v) is 11.3. The number of amides is 1. The Morgan fingerprint density at radius 3 is 2.50 bits per heavy atom. The number of benzene rings is 2. The number of hydrogen-bond donors (Lipinski definition) is 1. The molecule has 0 unspecified atom stereocenters. The maximum absolute atomic E-state index is 13.9. The van der Waals surface area contributed by atoms with Gasteiger partial charge in [-0.2, -0.15) is 0 Å². The van der Waals surface area contributed by atoms with Crippen LogP contribution in [0.25, 0.3) is 11.2 Å². The molecule has 0 spiro atoms. The third-order valence-electron chi connectivity index (χ3n) is 6.17. The maximum Gasteiger partial charge on any atom is 0.295 e. The molecule has 2 aromatic heterocycles. The van der Waals surface area contributed by atoms with E-state index in [1.807, 2.05) is 41.3 Å². The predicted octanol–water partition coefficient (Wildman–Crippen LogP) is 3.83. The highest BCUT2D eigenvalue weighted by Gasteiger charge is 2.28. The van der Waals surface area contributed by atoms with Crippen LogP contribution in [0.15, 0.2) is 77.7 Å². The largest absolute Gasteiger partial charge is 0.352 e. The first-order chi connectivity index (χ1) is 16.6. The average Bonchev–Trinajstić information content (AvgIpc) is 2.87. The molecular formula is C26H24FN5O2. The zero-order chi connectivity index (χ0) is 23.5. The van der Waals surface area contributed by atoms with Crippen LogP contribution in [0, 0.1) is 11.7 Å². The van der Waals surface area contributed by atoms with Crippen molar-refractivity contribution in [3.63, 3.8) is 0 Å². The Balaban J connectivity index is 1.37. The molecule has 1 fully saturated rings. The lowest BCUT2D eigenvalue weighted by molar-refractivity contribution is -0.120. The van der Waals surface area contributed by atoms with Crippen LogP contribution in [0.2, 0.25) is 0 Å². The number of rotatable bonds is 5. The Hall–Kier alpha value is -4.07. The first kappa shape index (κ1) is 21.8. The maximum atomic E-state index is 13.9. The Kier molecular flexibility index (Phi) is 6.03. The summed E-state index contributed by atoms with van der Waals surface area (Å²) in [6, 6.07) is 19.5. The van der Waals surface area contributed by atoms with Crippen molar-refractivity contribution in [3.8, 4) is 0 Å². The number of piperidine rings is 1. The van der Waals surface area contributed by atoms with E-state index in [2.05, 4.69) is 15.3 Å². The summed E-state index contributed by atoms with van der Waals surface area (Å²) in [5.74, 6) is -0.558. The van der Waals surface area contributed by atoms with Crippen molar-refractivity contribution in [2.24, 2.45) is 5.92 Å². The second-order valence-electron chi connectivity index (χ2n) is 8.39. The average molecular weight is 458 g/mol. The number of halogens is 1. The van der Waals surface area contributed by atoms with Crippen molar-refractivity contribution in [2.45, 2.75) is 19.4 Å². The van der Waals surface area contributed by atoms with Crippen molar-refractivity contribution >= 4 is 28.6 Å². The molecule has 3 heterocycles. The molecule has 2 aromatic carbocycles. The molecule has 4 aromatic rings. The Morgan fingerprint density at radius 1 is 1.00 bits per heavy atom. The fraction of sp³-hybridized carbons (Fsp3) is 0.231. The minimum absolute atomic E-state index is 0.183. The van der Waals surface area contributed by atoms with E-state index in [9.17, 15) is 14.0 Å². The molecule has 5 rings (SSSR count). The van der Waals surface area contributed by atoms with Gasteiger partial charge >= 0.3 is 0 Å². The number of nitrogens with one attached hydrogen (secondary N) is 1. The van der Waals surface area contributed by atoms with E-state index < -0.39 is 5.82 Å². The van der Waals surface area contributed by atoms with Gasteiger partial charge in [-0.05, 0) is 42.7 Å². The van der Waals surface area contributed by atoms with Crippen LogP contribution in [0.3, 0.4) is 0 Å². The van der Waals surface area contributed by atoms with Crippen molar-refractivity contribution < 1.29 is 9.18 Å². The highest BCUT2D eigenvalue weighted by Crippen LogP contribution is 2.24. The second kappa shape index (κ2) is 9.43. The highest BCUT2D eigenvalue weighted by atomic mass is 19.1. The lowest BCUT2D eigenvalue weighted by Gasteiger charge is -2.32. The lowest BCUT2D eigenvalue weighted by Crippen LogP contribution is -2.42. The number of carbonyl (C=O) groups is 1. The monoisotopic (exact) mass is 457 g/mol. The number of nitrogens with zero attached hydrogens (tertiary/aromatic N) is 4. The zero-order valence-corrected chi connectivity index (χ0v) is 18.5. The van der Waals surface area contributed by atoms with Gasteiger partial charge in [0.05, 0.1) is 12.2 Å². The van der Waals surface area contributed by atoms with E-state index in [1.165, 1.54) is 6.07 Å². The molecule has 0 saturated carbocycles. The molecule has 34 heavy (non-hydrogen) atoms. The standard InChI is InChI=1S/C26H24FN5O2/c27-20-9-4-5-10-21(20)30-25(33)19-12-15-31(16-13-19)24-26(34)32(17-18-7-2-1-3-8-18)23-22(29-24)11-6-14-28-23/h1-11,14,19H,12-13,15-17H2,(H,30,33). The number of carbonyl (C=O) groups excluding carboxylic acids is 1. The first-order valence-electron chi connectivity index (χ1n) is 11.3. The van der Waals surface area contributed by atoms with E-state index in [1.54, 1.807) is 35.0 Å². The van der Waals surface area contributed by atoms with Gasteiger partial charge in [-0.3, -0.25) is 14.2 Å². The molecule has 172 valence electrons. The van der Waals surface area contributed by atoms with Crippen LogP contribution in [0.4, 0.5) is 15.9 Å². The number of fused-ring (bicyclic) bond motifs is 1. The Labute approximate surface area is 195 Å². The molecular weight excluding hydrogens is 433 g/mol. The summed E-state index contributed by atoms with van der Waals surface area (Å²) in [5, 5.41) is 2.68. The number of anilines is 2. The van der Waals surface area contributed by atoms with E-state index in [4.69, 9.17) is 0 Å². The molecule has 0 radical (unpaired) electrons. The molecule has 1 N–H and O–H groups in total. The summed E-state index contributed by atoms with van der Waals surface area (Å²) in [5.41, 5.74) is 2.16. The van der Waals surface area contributed by atoms with Gasteiger partial charge in [-0.25, -0.2) is 14.4 Å². The summed E-state index contributed by atoms with van der Waals surface area (Å²) in [6.07, 6.45) is 2.75. The summed E-state index contributed by atoms with van der Waals surface area (Å²) >= 11 is 0. The van der Waals surface area contributed by atoms with Crippen LogP contribution in [-0.2, 0) is 11.3 Å². The topological polar surface area (TPSA) is 80.1 Å². The summed E-state index contributed by atoms with van der Waals surface area (Å²) < 4.78 is 15.6. The predicted molar refractivity (Wildman–Crippen MR) is 129 cm³/mol. The molecule has 7 nitrogen and oxygen atoms in total. The van der Waals surface area contributed by atoms with Gasteiger partial charge < -0.3 is 10.2 Å². The Bertz CT molecular complexity index is 1380. The van der Waals surface area contributed by atoms with Gasteiger partial charge in [0.2, 0.25) is 5.91 Å². The van der Waals surface area contributed by atoms with Crippen LogP contribution >= 0.6 is 0 Å². The molecule has 1 aliphatic rings.